The molecule has 0 saturated heterocycles. The molecule has 0 aliphatic heterocycles. The van der Waals surface area contributed by atoms with E-state index >= 15 is 0 Å². The van der Waals surface area contributed by atoms with E-state index in [0.29, 0.717) is 0 Å². The molecule has 8 heavy (non-hydrogen) atoms. The lowest BCUT2D eigenvalue weighted by atomic mass is 13.4. The molecule has 0 saturated carbocycles. The molecule has 0 aromatic heterocycles. The number of rotatable bonds is 0. The van der Waals surface area contributed by atoms with Gasteiger partial charge >= 0.3 is 9.17 Å². The molecule has 0 rings (SSSR count). The van der Waals surface area contributed by atoms with E-state index in [1.165, 1.54) is 0 Å². The fourth-order valence-electron chi connectivity index (χ4n) is 0. The summed E-state index contributed by atoms with van der Waals surface area (Å²) >= 11 is 3.45. The van der Waals surface area contributed by atoms with Crippen molar-refractivity contribution in [2.24, 2.45) is 0 Å². The first-order valence-corrected chi connectivity index (χ1v) is 2.88. The average molecular weight is 157 g/mol. The first-order valence-electron chi connectivity index (χ1n) is 1.22. The van der Waals surface area contributed by atoms with Crippen molar-refractivity contribution in [3.63, 3.8) is 0 Å². The van der Waals surface area contributed by atoms with E-state index in [1.54, 1.807) is 0 Å². The molecule has 0 spiro atoms. The highest BCUT2D eigenvalue weighted by molar-refractivity contribution is 7.51. The van der Waals surface area contributed by atoms with Gasteiger partial charge in [-0.05, 0) is 0 Å². The van der Waals surface area contributed by atoms with Crippen LogP contribution in [0.2, 0.25) is 0 Å². The van der Waals surface area contributed by atoms with Gasteiger partial charge in [0.05, 0.1) is 4.91 Å². The monoisotopic (exact) mass is 157 g/mol. The highest BCUT2D eigenvalue weighted by atomic mass is 32.1. The molecule has 0 aromatic carbocycles. The lowest BCUT2D eigenvalue weighted by Gasteiger charge is -1.64. The predicted octanol–water partition coefficient (Wildman–Crippen LogP) is -2.00. The summed E-state index contributed by atoms with van der Waals surface area (Å²) in [5.74, 6) is 0. The van der Waals surface area contributed by atoms with E-state index in [4.69, 9.17) is 24.2 Å². The zero-order valence-corrected chi connectivity index (χ0v) is 5.33. The van der Waals surface area contributed by atoms with E-state index in [9.17, 15) is 0 Å². The van der Waals surface area contributed by atoms with Crippen molar-refractivity contribution in [2.75, 3.05) is 0 Å². The Hall–Kier alpha value is -0.763. The summed E-state index contributed by atoms with van der Waals surface area (Å²) in [5, 5.41) is 7.15. The second kappa shape index (κ2) is 6.24. The Morgan fingerprint density at radius 2 is 1.50 bits per heavy atom. The van der Waals surface area contributed by atoms with Crippen LogP contribution in [0, 0.1) is 4.91 Å². The van der Waals surface area contributed by atoms with E-state index in [0.717, 1.165) is 0 Å². The minimum absolute atomic E-state index is 0.667. The molecule has 0 aliphatic rings. The zero-order chi connectivity index (χ0) is 7.15. The highest BCUT2D eigenvalue weighted by Crippen LogP contribution is 1.37. The van der Waals surface area contributed by atoms with Gasteiger partial charge in [0.1, 0.15) is 4.33 Å². The summed E-state index contributed by atoms with van der Waals surface area (Å²) in [4.78, 5) is 23.0. The first kappa shape index (κ1) is 10.3. The molecule has 0 radical (unpaired) electrons. The molecule has 8 heteroatoms. The number of hydrogen-bond donors (Lipinski definition) is 3. The molecule has 0 atom stereocenters. The lowest BCUT2D eigenvalue weighted by molar-refractivity contribution is -0.661. The molecule has 0 bridgehead atoms. The molecule has 0 fully saturated rings. The second-order valence-electron chi connectivity index (χ2n) is 0.520. The summed E-state index contributed by atoms with van der Waals surface area (Å²) < 4.78 is 8.07. The Labute approximate surface area is 51.4 Å². The van der Waals surface area contributed by atoms with Crippen molar-refractivity contribution in [1.82, 2.24) is 0 Å². The summed E-state index contributed by atoms with van der Waals surface area (Å²) in [6, 6.07) is 0. The molecule has 0 aromatic rings. The quantitative estimate of drug-likeness (QED) is 0.214. The first-order chi connectivity index (χ1) is 3.46. The van der Waals surface area contributed by atoms with Crippen LogP contribution in [0.5, 0.6) is 0 Å². The van der Waals surface area contributed by atoms with Gasteiger partial charge in [-0.2, -0.15) is 0 Å². The molecule has 6 nitrogen and oxygen atoms in total. The van der Waals surface area contributed by atoms with Crippen LogP contribution in [-0.4, -0.2) is 28.3 Å². The van der Waals surface area contributed by atoms with Gasteiger partial charge in [-0.25, -0.2) is 0 Å². The third kappa shape index (κ3) is 161. The van der Waals surface area contributed by atoms with Crippen LogP contribution in [-0.2, 0) is 17.3 Å². The van der Waals surface area contributed by atoms with Gasteiger partial charge in [0, 0.05) is 0 Å². The largest absolute Gasteiger partial charge is 0.761 e. The number of nitrogens with zero attached hydrogens (tertiary/aromatic N) is 1. The predicted molar refractivity (Wildman–Crippen MR) is 23.7 cm³/mol. The minimum atomic E-state index is -3.13. The summed E-state index contributed by atoms with van der Waals surface area (Å²) in [7, 11) is -3.13. The van der Waals surface area contributed by atoms with Crippen molar-refractivity contribution in [1.29, 1.82) is 0 Å². The molecule has 3 N–H and O–H groups in total. The molecule has 0 unspecified atom stereocenters. The van der Waals surface area contributed by atoms with Gasteiger partial charge in [-0.3, -0.25) is 9.67 Å². The van der Waals surface area contributed by atoms with Crippen molar-refractivity contribution in [2.45, 2.75) is 0 Å². The Kier molecular flexibility index (Phi) is 8.00. The van der Waals surface area contributed by atoms with Gasteiger partial charge in [0.15, 0.2) is 0 Å². The SMILES string of the molecule is O=[N+](O)[S-].O=[Si](O)O. The lowest BCUT2D eigenvalue weighted by Crippen LogP contribution is -1.90. The van der Waals surface area contributed by atoms with Crippen LogP contribution in [0.25, 0.3) is 0 Å². The molecule has 48 valence electrons. The van der Waals surface area contributed by atoms with E-state index in [2.05, 4.69) is 12.8 Å². The average Bonchev–Trinajstić information content (AvgIpc) is 1.25. The summed E-state index contributed by atoms with van der Waals surface area (Å²) in [5.41, 5.74) is 0. The van der Waals surface area contributed by atoms with Crippen molar-refractivity contribution < 1.29 is 23.6 Å². The second-order valence-corrected chi connectivity index (χ2v) is 1.40. The summed E-state index contributed by atoms with van der Waals surface area (Å²) in [6.45, 7) is 0. The Morgan fingerprint density at radius 3 is 1.50 bits per heavy atom. The van der Waals surface area contributed by atoms with Gasteiger partial charge < -0.3 is 22.4 Å². The van der Waals surface area contributed by atoms with Gasteiger partial charge in [0.25, 0.3) is 0 Å². The van der Waals surface area contributed by atoms with Gasteiger partial charge in [-0.15, -0.1) is 0 Å². The topological polar surface area (TPSA) is 97.8 Å². The van der Waals surface area contributed by atoms with Crippen LogP contribution in [0.3, 0.4) is 0 Å². The highest BCUT2D eigenvalue weighted by Gasteiger charge is 1.85. The van der Waals surface area contributed by atoms with Crippen LogP contribution >= 0.6 is 0 Å². The van der Waals surface area contributed by atoms with E-state index in [1.807, 2.05) is 0 Å². The van der Waals surface area contributed by atoms with Gasteiger partial charge in [0.2, 0.25) is 0 Å². The van der Waals surface area contributed by atoms with Gasteiger partial charge in [-0.1, -0.05) is 0 Å². The molecular formula is H3NO5SSi. The minimum Gasteiger partial charge on any atom is -0.511 e. The third-order valence-corrected chi connectivity index (χ3v) is 0. The Bertz CT molecular complexity index is 70.4. The zero-order valence-electron chi connectivity index (χ0n) is 3.51. The fourth-order valence-corrected chi connectivity index (χ4v) is 0. The third-order valence-electron chi connectivity index (χ3n) is 0. The standard InChI is InChI=1S/HNO2S.H2O3Si/c2-1(3)4;1-4(2)3/h(H,2,3,4);1-2H. The maximum atomic E-state index is 8.74. The van der Waals surface area contributed by atoms with Crippen molar-refractivity contribution >= 4 is 22.0 Å². The normalized spacial score (nSPS) is 6.00. The Morgan fingerprint density at radius 1 is 1.50 bits per heavy atom. The van der Waals surface area contributed by atoms with E-state index < -0.39 is 13.5 Å². The smallest absolute Gasteiger partial charge is 0.511 e. The fraction of sp³-hybridized carbons (Fsp3) is 0. The van der Waals surface area contributed by atoms with Crippen LogP contribution in [0.1, 0.15) is 0 Å². The number of hydrogen-bond acceptors (Lipinski definition) is 3. The molecular weight excluding hydrogens is 154 g/mol. The molecule has 0 aliphatic carbocycles. The maximum absolute atomic E-state index is 8.74. The maximum Gasteiger partial charge on any atom is 0.761 e. The van der Waals surface area contributed by atoms with Crippen LogP contribution in [0.4, 0.5) is 0 Å². The van der Waals surface area contributed by atoms with Crippen LogP contribution < -0.4 is 0 Å². The van der Waals surface area contributed by atoms with Crippen molar-refractivity contribution in [3.8, 4) is 0 Å². The molecule has 0 heterocycles. The molecule has 0 amide bonds. The van der Waals surface area contributed by atoms with Crippen LogP contribution in [0.15, 0.2) is 0 Å². The summed E-state index contributed by atoms with van der Waals surface area (Å²) in [6.07, 6.45) is 0. The Balaban J connectivity index is 0. The van der Waals surface area contributed by atoms with Crippen molar-refractivity contribution in [3.05, 3.63) is 4.91 Å². The van der Waals surface area contributed by atoms with E-state index in [-0.39, 0.29) is 0 Å².